The van der Waals surface area contributed by atoms with Crippen molar-refractivity contribution in [1.29, 1.82) is 0 Å². The molecule has 5 nitrogen and oxygen atoms in total. The Morgan fingerprint density at radius 3 is 2.74 bits per heavy atom. The number of rotatable bonds is 5. The molecule has 2 aliphatic rings. The smallest absolute Gasteiger partial charge is 0.260 e. The molecule has 1 aromatic heterocycles. The lowest BCUT2D eigenvalue weighted by Gasteiger charge is -2.29. The molecule has 0 spiro atoms. The van der Waals surface area contributed by atoms with Gasteiger partial charge in [-0.3, -0.25) is 14.6 Å². The number of aryl methyl sites for hydroxylation is 3. The van der Waals surface area contributed by atoms with Crippen LogP contribution in [0.2, 0.25) is 0 Å². The zero-order valence-electron chi connectivity index (χ0n) is 18.1. The lowest BCUT2D eigenvalue weighted by Crippen LogP contribution is -2.43. The summed E-state index contributed by atoms with van der Waals surface area (Å²) in [5.74, 6) is 0.0532. The molecular formula is C25H29N3O2S. The van der Waals surface area contributed by atoms with Crippen molar-refractivity contribution < 1.29 is 9.53 Å². The van der Waals surface area contributed by atoms with Crippen molar-refractivity contribution in [3.8, 4) is 0 Å². The molecule has 162 valence electrons. The number of hydrogen-bond acceptors (Lipinski definition) is 5. The van der Waals surface area contributed by atoms with Gasteiger partial charge in [0.15, 0.2) is 5.13 Å². The molecule has 0 unspecified atom stereocenters. The quantitative estimate of drug-likeness (QED) is 0.594. The van der Waals surface area contributed by atoms with Crippen molar-refractivity contribution in [2.24, 2.45) is 0 Å². The third kappa shape index (κ3) is 4.52. The lowest BCUT2D eigenvalue weighted by molar-refractivity contribution is 0.0391. The van der Waals surface area contributed by atoms with Gasteiger partial charge >= 0.3 is 0 Å². The van der Waals surface area contributed by atoms with Crippen LogP contribution in [0.4, 0.5) is 5.13 Å². The van der Waals surface area contributed by atoms with Gasteiger partial charge in [0.2, 0.25) is 0 Å². The fraction of sp³-hybridized carbons (Fsp3) is 0.440. The molecule has 6 heteroatoms. The van der Waals surface area contributed by atoms with Crippen molar-refractivity contribution in [2.75, 3.05) is 44.3 Å². The van der Waals surface area contributed by atoms with Crippen LogP contribution < -0.4 is 4.90 Å². The van der Waals surface area contributed by atoms with E-state index in [1.807, 2.05) is 17.0 Å². The second kappa shape index (κ2) is 9.07. The summed E-state index contributed by atoms with van der Waals surface area (Å²) in [5.41, 5.74) is 5.69. The molecule has 0 saturated carbocycles. The highest BCUT2D eigenvalue weighted by atomic mass is 32.1. The minimum atomic E-state index is 0.0532. The molecule has 1 fully saturated rings. The van der Waals surface area contributed by atoms with Crippen LogP contribution in [0, 0.1) is 6.92 Å². The van der Waals surface area contributed by atoms with E-state index in [0.717, 1.165) is 66.6 Å². The van der Waals surface area contributed by atoms with E-state index < -0.39 is 0 Å². The molecule has 1 amide bonds. The van der Waals surface area contributed by atoms with Crippen LogP contribution in [0.5, 0.6) is 0 Å². The van der Waals surface area contributed by atoms with E-state index in [-0.39, 0.29) is 5.91 Å². The summed E-state index contributed by atoms with van der Waals surface area (Å²) in [6.07, 6.45) is 4.66. The first-order valence-electron chi connectivity index (χ1n) is 11.3. The molecule has 1 aliphatic carbocycles. The van der Waals surface area contributed by atoms with Crippen LogP contribution in [-0.4, -0.2) is 55.2 Å². The van der Waals surface area contributed by atoms with Gasteiger partial charge in [0.1, 0.15) is 0 Å². The van der Waals surface area contributed by atoms with Crippen LogP contribution in [0.1, 0.15) is 39.9 Å². The van der Waals surface area contributed by atoms with Crippen LogP contribution in [0.15, 0.2) is 36.4 Å². The molecule has 0 bridgehead atoms. The largest absolute Gasteiger partial charge is 0.379 e. The van der Waals surface area contributed by atoms with Gasteiger partial charge in [-0.25, -0.2) is 4.98 Å². The topological polar surface area (TPSA) is 45.7 Å². The number of fused-ring (bicyclic) bond motifs is 2. The summed E-state index contributed by atoms with van der Waals surface area (Å²) in [5, 5.41) is 0.789. The number of hydrogen-bond donors (Lipinski definition) is 0. The Morgan fingerprint density at radius 1 is 1.10 bits per heavy atom. The number of anilines is 1. The van der Waals surface area contributed by atoms with E-state index in [1.165, 1.54) is 29.5 Å². The second-order valence-electron chi connectivity index (χ2n) is 8.57. The van der Waals surface area contributed by atoms with Gasteiger partial charge < -0.3 is 4.74 Å². The maximum absolute atomic E-state index is 13.7. The predicted molar refractivity (Wildman–Crippen MR) is 126 cm³/mol. The van der Waals surface area contributed by atoms with Crippen molar-refractivity contribution in [3.63, 3.8) is 0 Å². The molecule has 0 radical (unpaired) electrons. The van der Waals surface area contributed by atoms with E-state index in [9.17, 15) is 4.79 Å². The van der Waals surface area contributed by atoms with Gasteiger partial charge in [0, 0.05) is 31.7 Å². The Morgan fingerprint density at radius 2 is 1.90 bits per heavy atom. The fourth-order valence-corrected chi connectivity index (χ4v) is 5.60. The van der Waals surface area contributed by atoms with Gasteiger partial charge in [0.25, 0.3) is 5.91 Å². The van der Waals surface area contributed by atoms with E-state index in [0.29, 0.717) is 6.54 Å². The first-order valence-corrected chi connectivity index (χ1v) is 12.1. The fourth-order valence-electron chi connectivity index (χ4n) is 4.51. The summed E-state index contributed by atoms with van der Waals surface area (Å²) in [6.45, 7) is 6.91. The number of ether oxygens (including phenoxy) is 1. The number of carbonyl (C=O) groups is 1. The third-order valence-electron chi connectivity index (χ3n) is 6.35. The Kier molecular flexibility index (Phi) is 6.03. The Hall–Kier alpha value is -2.28. The minimum absolute atomic E-state index is 0.0532. The highest BCUT2D eigenvalue weighted by Gasteiger charge is 2.24. The minimum Gasteiger partial charge on any atom is -0.379 e. The van der Waals surface area contributed by atoms with Crippen molar-refractivity contribution in [1.82, 2.24) is 9.88 Å². The van der Waals surface area contributed by atoms with E-state index in [1.54, 1.807) is 11.3 Å². The van der Waals surface area contributed by atoms with Crippen LogP contribution in [0.3, 0.4) is 0 Å². The Bertz CT molecular complexity index is 1090. The molecule has 1 saturated heterocycles. The van der Waals surface area contributed by atoms with Crippen molar-refractivity contribution in [3.05, 3.63) is 58.7 Å². The standard InChI is InChI=1S/C25H29N3O2S/c1-18-6-9-22-23(16-18)31-25(26-22)28(11-10-27-12-14-30-15-13-27)24(29)21-8-7-19-4-2-3-5-20(19)17-21/h6-9,16-17H,2-5,10-15H2,1H3. The van der Waals surface area contributed by atoms with E-state index >= 15 is 0 Å². The van der Waals surface area contributed by atoms with Gasteiger partial charge in [0.05, 0.1) is 23.4 Å². The maximum atomic E-state index is 13.7. The third-order valence-corrected chi connectivity index (χ3v) is 7.39. The number of carbonyl (C=O) groups excluding carboxylic acids is 1. The molecular weight excluding hydrogens is 406 g/mol. The average molecular weight is 436 g/mol. The average Bonchev–Trinajstić information content (AvgIpc) is 3.22. The zero-order chi connectivity index (χ0) is 21.2. The summed E-state index contributed by atoms with van der Waals surface area (Å²) >= 11 is 1.61. The Balaban J connectivity index is 1.45. The van der Waals surface area contributed by atoms with Gasteiger partial charge in [-0.1, -0.05) is 23.5 Å². The number of amides is 1. The van der Waals surface area contributed by atoms with E-state index in [4.69, 9.17) is 9.72 Å². The van der Waals surface area contributed by atoms with Crippen LogP contribution >= 0.6 is 11.3 Å². The first-order chi connectivity index (χ1) is 15.2. The van der Waals surface area contributed by atoms with Gasteiger partial charge in [-0.05, 0) is 73.6 Å². The molecule has 1 aliphatic heterocycles. The summed E-state index contributed by atoms with van der Waals surface area (Å²) in [7, 11) is 0. The predicted octanol–water partition coefficient (Wildman–Crippen LogP) is 4.46. The summed E-state index contributed by atoms with van der Waals surface area (Å²) < 4.78 is 6.61. The molecule has 3 aromatic rings. The maximum Gasteiger partial charge on any atom is 0.260 e. The molecule has 0 atom stereocenters. The molecule has 5 rings (SSSR count). The molecule has 0 N–H and O–H groups in total. The number of nitrogens with zero attached hydrogens (tertiary/aromatic N) is 3. The number of thiazole rings is 1. The SMILES string of the molecule is Cc1ccc2nc(N(CCN3CCOCC3)C(=O)c3ccc4c(c3)CCCC4)sc2c1. The number of aromatic nitrogens is 1. The van der Waals surface area contributed by atoms with Gasteiger partial charge in [-0.2, -0.15) is 0 Å². The molecule has 31 heavy (non-hydrogen) atoms. The lowest BCUT2D eigenvalue weighted by atomic mass is 9.90. The molecule has 2 aromatic carbocycles. The highest BCUT2D eigenvalue weighted by molar-refractivity contribution is 7.22. The monoisotopic (exact) mass is 435 g/mol. The second-order valence-corrected chi connectivity index (χ2v) is 9.58. The summed E-state index contributed by atoms with van der Waals surface area (Å²) in [4.78, 5) is 22.8. The first kappa shape index (κ1) is 20.6. The Labute approximate surface area is 187 Å². The zero-order valence-corrected chi connectivity index (χ0v) is 18.9. The number of benzene rings is 2. The van der Waals surface area contributed by atoms with Crippen molar-refractivity contribution in [2.45, 2.75) is 32.6 Å². The van der Waals surface area contributed by atoms with Crippen molar-refractivity contribution >= 4 is 32.6 Å². The van der Waals surface area contributed by atoms with Crippen LogP contribution in [-0.2, 0) is 17.6 Å². The summed E-state index contributed by atoms with van der Waals surface area (Å²) in [6, 6.07) is 12.6. The molecule has 2 heterocycles. The highest BCUT2D eigenvalue weighted by Crippen LogP contribution is 2.31. The number of morpholine rings is 1. The van der Waals surface area contributed by atoms with E-state index in [2.05, 4.69) is 36.1 Å². The normalized spacial score (nSPS) is 16.9. The van der Waals surface area contributed by atoms with Gasteiger partial charge in [-0.15, -0.1) is 0 Å². The van der Waals surface area contributed by atoms with Crippen LogP contribution in [0.25, 0.3) is 10.2 Å².